The zero-order chi connectivity index (χ0) is 21.2. The Morgan fingerprint density at radius 2 is 1.48 bits per heavy atom. The van der Waals surface area contributed by atoms with Gasteiger partial charge in [0.2, 0.25) is 0 Å². The van der Waals surface area contributed by atoms with E-state index in [1.165, 1.54) is 0 Å². The number of carbonyl (C=O) groups excluding carboxylic acids is 3. The van der Waals surface area contributed by atoms with Crippen molar-refractivity contribution in [1.82, 2.24) is 10.9 Å². The maximum absolute atomic E-state index is 12.1. The average molecular weight is 416 g/mol. The zero-order valence-corrected chi connectivity index (χ0v) is 17.5. The number of anilines is 1. The van der Waals surface area contributed by atoms with E-state index in [1.807, 2.05) is 18.4 Å². The van der Waals surface area contributed by atoms with Crippen molar-refractivity contribution < 1.29 is 19.1 Å². The van der Waals surface area contributed by atoms with Crippen LogP contribution in [-0.2, 0) is 9.53 Å². The van der Waals surface area contributed by atoms with Gasteiger partial charge in [-0.05, 0) is 68.6 Å². The first-order valence-corrected chi connectivity index (χ1v) is 10.5. The number of nitrogens with one attached hydrogen (secondary N) is 2. The smallest absolute Gasteiger partial charge is 0.338 e. The van der Waals surface area contributed by atoms with Gasteiger partial charge in [0.25, 0.3) is 11.8 Å². The van der Waals surface area contributed by atoms with Crippen LogP contribution >= 0.6 is 11.8 Å². The van der Waals surface area contributed by atoms with Crippen LogP contribution in [0.15, 0.2) is 53.4 Å². The fraction of sp³-hybridized carbons (Fsp3) is 0.286. The number of ether oxygens (including phenoxy) is 1. The highest BCUT2D eigenvalue weighted by atomic mass is 32.2. The van der Waals surface area contributed by atoms with Gasteiger partial charge in [-0.1, -0.05) is 0 Å². The number of thioether (sulfide) groups is 1. The van der Waals surface area contributed by atoms with Crippen LogP contribution in [0.3, 0.4) is 0 Å². The van der Waals surface area contributed by atoms with Crippen molar-refractivity contribution in [3.63, 3.8) is 0 Å². The molecule has 2 amide bonds. The number of hydrogen-bond donors (Lipinski definition) is 2. The summed E-state index contributed by atoms with van der Waals surface area (Å²) in [7, 11) is 0. The molecular formula is C21H25N3O4S. The van der Waals surface area contributed by atoms with Crippen LogP contribution < -0.4 is 15.8 Å². The van der Waals surface area contributed by atoms with Crippen molar-refractivity contribution in [3.8, 4) is 0 Å². The van der Waals surface area contributed by atoms with Gasteiger partial charge in [0.15, 0.2) is 6.61 Å². The third kappa shape index (κ3) is 6.53. The predicted octanol–water partition coefficient (Wildman–Crippen LogP) is 2.87. The normalized spacial score (nSPS) is 10.2. The quantitative estimate of drug-likeness (QED) is 0.392. The van der Waals surface area contributed by atoms with E-state index in [1.54, 1.807) is 48.2 Å². The Kier molecular flexibility index (Phi) is 8.54. The van der Waals surface area contributed by atoms with E-state index in [4.69, 9.17) is 4.74 Å². The van der Waals surface area contributed by atoms with Crippen molar-refractivity contribution in [3.05, 3.63) is 59.7 Å². The van der Waals surface area contributed by atoms with E-state index < -0.39 is 24.4 Å². The molecule has 154 valence electrons. The fourth-order valence-electron chi connectivity index (χ4n) is 2.59. The van der Waals surface area contributed by atoms with Crippen LogP contribution in [-0.4, -0.2) is 43.7 Å². The summed E-state index contributed by atoms with van der Waals surface area (Å²) in [5, 5.41) is 0. The highest BCUT2D eigenvalue weighted by Crippen LogP contribution is 2.16. The largest absolute Gasteiger partial charge is 0.452 e. The minimum absolute atomic E-state index is 0.355. The molecule has 0 atom stereocenters. The molecule has 0 fully saturated rings. The van der Waals surface area contributed by atoms with E-state index in [2.05, 4.69) is 29.6 Å². The zero-order valence-electron chi connectivity index (χ0n) is 16.7. The van der Waals surface area contributed by atoms with Crippen LogP contribution in [0.5, 0.6) is 0 Å². The molecule has 29 heavy (non-hydrogen) atoms. The van der Waals surface area contributed by atoms with Crippen molar-refractivity contribution >= 4 is 35.2 Å². The summed E-state index contributed by atoms with van der Waals surface area (Å²) in [6, 6.07) is 14.0. The molecule has 2 rings (SSSR count). The van der Waals surface area contributed by atoms with Gasteiger partial charge in [-0.25, -0.2) is 4.79 Å². The summed E-state index contributed by atoms with van der Waals surface area (Å²) in [5.41, 5.74) is 6.33. The van der Waals surface area contributed by atoms with Crippen molar-refractivity contribution in [2.45, 2.75) is 18.7 Å². The van der Waals surface area contributed by atoms with Gasteiger partial charge in [-0.2, -0.15) is 0 Å². The topological polar surface area (TPSA) is 87.7 Å². The minimum Gasteiger partial charge on any atom is -0.452 e. The van der Waals surface area contributed by atoms with Crippen LogP contribution in [0, 0.1) is 0 Å². The van der Waals surface area contributed by atoms with Gasteiger partial charge < -0.3 is 9.64 Å². The molecule has 0 aromatic heterocycles. The molecule has 0 spiro atoms. The van der Waals surface area contributed by atoms with Gasteiger partial charge in [-0.15, -0.1) is 11.8 Å². The maximum Gasteiger partial charge on any atom is 0.338 e. The van der Waals surface area contributed by atoms with Crippen molar-refractivity contribution in [2.24, 2.45) is 0 Å². The molecule has 0 aliphatic carbocycles. The van der Waals surface area contributed by atoms with Gasteiger partial charge in [0, 0.05) is 29.2 Å². The lowest BCUT2D eigenvalue weighted by Crippen LogP contribution is -2.43. The van der Waals surface area contributed by atoms with E-state index in [-0.39, 0.29) is 0 Å². The van der Waals surface area contributed by atoms with Crippen LogP contribution in [0.4, 0.5) is 5.69 Å². The second-order valence-corrected chi connectivity index (χ2v) is 6.91. The van der Waals surface area contributed by atoms with Gasteiger partial charge in [-0.3, -0.25) is 20.4 Å². The Morgan fingerprint density at radius 3 is 2.03 bits per heavy atom. The van der Waals surface area contributed by atoms with E-state index in [9.17, 15) is 14.4 Å². The molecule has 0 saturated carbocycles. The summed E-state index contributed by atoms with van der Waals surface area (Å²) < 4.78 is 4.95. The SMILES string of the molecule is CCN(CC)c1ccc(C(=O)NNC(=O)COC(=O)c2ccc(SC)cc2)cc1. The molecule has 0 heterocycles. The minimum atomic E-state index is -0.632. The molecule has 0 bridgehead atoms. The summed E-state index contributed by atoms with van der Waals surface area (Å²) in [4.78, 5) is 39.1. The molecule has 2 aromatic rings. The molecule has 7 nitrogen and oxygen atoms in total. The van der Waals surface area contributed by atoms with Gasteiger partial charge in [0.05, 0.1) is 5.56 Å². The monoisotopic (exact) mass is 415 g/mol. The molecule has 0 unspecified atom stereocenters. The number of hydrazine groups is 1. The molecule has 0 saturated heterocycles. The second kappa shape index (κ2) is 11.1. The molecule has 2 N–H and O–H groups in total. The lowest BCUT2D eigenvalue weighted by atomic mass is 10.2. The number of hydrogen-bond acceptors (Lipinski definition) is 6. The maximum atomic E-state index is 12.1. The van der Waals surface area contributed by atoms with Gasteiger partial charge >= 0.3 is 5.97 Å². The third-order valence-electron chi connectivity index (χ3n) is 4.23. The summed E-state index contributed by atoms with van der Waals surface area (Å²) in [6.07, 6.45) is 1.94. The number of amides is 2. The molecular weight excluding hydrogens is 390 g/mol. The standard InChI is InChI=1S/C21H25N3O4S/c1-4-24(5-2)17-10-6-15(7-11-17)20(26)23-22-19(25)14-28-21(27)16-8-12-18(29-3)13-9-16/h6-13H,4-5,14H2,1-3H3,(H,22,25)(H,23,26). The number of nitrogens with zero attached hydrogens (tertiary/aromatic N) is 1. The second-order valence-electron chi connectivity index (χ2n) is 6.03. The number of carbonyl (C=O) groups is 3. The summed E-state index contributed by atoms with van der Waals surface area (Å²) >= 11 is 1.56. The third-order valence-corrected chi connectivity index (χ3v) is 4.98. The molecule has 0 aliphatic rings. The highest BCUT2D eigenvalue weighted by molar-refractivity contribution is 7.98. The van der Waals surface area contributed by atoms with Crippen molar-refractivity contribution in [1.29, 1.82) is 0 Å². The molecule has 8 heteroatoms. The van der Waals surface area contributed by atoms with Gasteiger partial charge in [0.1, 0.15) is 0 Å². The summed E-state index contributed by atoms with van der Waals surface area (Å²) in [6.45, 7) is 5.37. The number of rotatable bonds is 8. The van der Waals surface area contributed by atoms with Crippen LogP contribution in [0.1, 0.15) is 34.6 Å². The lowest BCUT2D eigenvalue weighted by molar-refractivity contribution is -0.125. The number of benzene rings is 2. The number of esters is 1. The first-order valence-electron chi connectivity index (χ1n) is 9.23. The van der Waals surface area contributed by atoms with E-state index in [0.29, 0.717) is 11.1 Å². The molecule has 0 aliphatic heterocycles. The highest BCUT2D eigenvalue weighted by Gasteiger charge is 2.12. The fourth-order valence-corrected chi connectivity index (χ4v) is 3.00. The van der Waals surface area contributed by atoms with E-state index in [0.717, 1.165) is 23.7 Å². The first kappa shape index (κ1) is 22.3. The van der Waals surface area contributed by atoms with Crippen LogP contribution in [0.2, 0.25) is 0 Å². The lowest BCUT2D eigenvalue weighted by Gasteiger charge is -2.21. The van der Waals surface area contributed by atoms with Crippen LogP contribution in [0.25, 0.3) is 0 Å². The molecule has 2 aromatic carbocycles. The van der Waals surface area contributed by atoms with E-state index >= 15 is 0 Å². The Hall–Kier alpha value is -3.00. The Morgan fingerprint density at radius 1 is 0.897 bits per heavy atom. The van der Waals surface area contributed by atoms with Crippen molar-refractivity contribution in [2.75, 3.05) is 30.9 Å². The Balaban J connectivity index is 1.79. The average Bonchev–Trinajstić information content (AvgIpc) is 2.77. The Bertz CT molecular complexity index is 834. The Labute approximate surface area is 174 Å². The summed E-state index contributed by atoms with van der Waals surface area (Å²) in [5.74, 6) is -1.69. The first-order chi connectivity index (χ1) is 14.0. The predicted molar refractivity (Wildman–Crippen MR) is 114 cm³/mol. The molecule has 0 radical (unpaired) electrons.